The molecule has 0 spiro atoms. The molecule has 2 heterocycles. The number of urea groups is 1. The standard InChI is InChI=1S/C18H25N5O3/c1-2-22-14-20-21-17(22)11-19-18(24)23-12-16(13-23)26-10-6-9-25-15-7-4-3-5-8-15/h3-5,7-8,14,16H,2,6,9-13H2,1H3,(H,19,24). The number of hydrogen-bond acceptors (Lipinski definition) is 5. The first-order valence-electron chi connectivity index (χ1n) is 8.95. The number of aromatic nitrogens is 3. The molecule has 0 atom stereocenters. The quantitative estimate of drug-likeness (QED) is 0.689. The van der Waals surface area contributed by atoms with Crippen molar-refractivity contribution in [1.29, 1.82) is 0 Å². The summed E-state index contributed by atoms with van der Waals surface area (Å²) in [5.74, 6) is 1.63. The van der Waals surface area contributed by atoms with Crippen LogP contribution >= 0.6 is 0 Å². The van der Waals surface area contributed by atoms with Gasteiger partial charge in [0.25, 0.3) is 0 Å². The zero-order valence-electron chi connectivity index (χ0n) is 15.0. The van der Waals surface area contributed by atoms with Crippen molar-refractivity contribution in [2.45, 2.75) is 32.5 Å². The van der Waals surface area contributed by atoms with Crippen molar-refractivity contribution in [2.75, 3.05) is 26.3 Å². The van der Waals surface area contributed by atoms with E-state index in [1.165, 1.54) is 0 Å². The average molecular weight is 359 g/mol. The number of amides is 2. The van der Waals surface area contributed by atoms with E-state index in [0.29, 0.717) is 32.8 Å². The lowest BCUT2D eigenvalue weighted by molar-refractivity contribution is -0.0383. The normalized spacial score (nSPS) is 14.1. The van der Waals surface area contributed by atoms with E-state index in [9.17, 15) is 4.79 Å². The van der Waals surface area contributed by atoms with Gasteiger partial charge in [0.1, 0.15) is 12.1 Å². The summed E-state index contributed by atoms with van der Waals surface area (Å²) in [7, 11) is 0. The Labute approximate surface area is 153 Å². The minimum absolute atomic E-state index is 0.0945. The first-order valence-corrected chi connectivity index (χ1v) is 8.95. The van der Waals surface area contributed by atoms with Gasteiger partial charge in [0.2, 0.25) is 0 Å². The maximum Gasteiger partial charge on any atom is 0.317 e. The van der Waals surface area contributed by atoms with Crippen LogP contribution in [0.4, 0.5) is 4.79 Å². The Balaban J connectivity index is 1.24. The Morgan fingerprint density at radius 2 is 2.08 bits per heavy atom. The highest BCUT2D eigenvalue weighted by molar-refractivity contribution is 5.75. The van der Waals surface area contributed by atoms with Gasteiger partial charge in [-0.05, 0) is 19.1 Å². The van der Waals surface area contributed by atoms with E-state index in [1.807, 2.05) is 41.8 Å². The Morgan fingerprint density at radius 3 is 2.85 bits per heavy atom. The van der Waals surface area contributed by atoms with Crippen LogP contribution in [0.2, 0.25) is 0 Å². The largest absolute Gasteiger partial charge is 0.494 e. The Hall–Kier alpha value is -2.61. The summed E-state index contributed by atoms with van der Waals surface area (Å²) < 4.78 is 13.3. The molecule has 8 heteroatoms. The second-order valence-electron chi connectivity index (χ2n) is 6.10. The number of likely N-dealkylation sites (tertiary alicyclic amines) is 1. The highest BCUT2D eigenvalue weighted by Crippen LogP contribution is 2.13. The topological polar surface area (TPSA) is 81.5 Å². The number of hydrogen-bond donors (Lipinski definition) is 1. The third kappa shape index (κ3) is 4.95. The SMILES string of the molecule is CCn1cnnc1CNC(=O)N1CC(OCCCOc2ccccc2)C1. The summed E-state index contributed by atoms with van der Waals surface area (Å²) in [6, 6.07) is 9.64. The molecular weight excluding hydrogens is 334 g/mol. The molecule has 0 radical (unpaired) electrons. The highest BCUT2D eigenvalue weighted by atomic mass is 16.5. The number of nitrogens with one attached hydrogen (secondary N) is 1. The van der Waals surface area contributed by atoms with Crippen molar-refractivity contribution in [3.8, 4) is 5.75 Å². The van der Waals surface area contributed by atoms with E-state index < -0.39 is 0 Å². The van der Waals surface area contributed by atoms with Crippen molar-refractivity contribution in [3.05, 3.63) is 42.5 Å². The fraction of sp³-hybridized carbons (Fsp3) is 0.500. The molecule has 26 heavy (non-hydrogen) atoms. The average Bonchev–Trinajstić information content (AvgIpc) is 3.09. The predicted molar refractivity (Wildman–Crippen MR) is 95.8 cm³/mol. The number of para-hydroxylation sites is 1. The summed E-state index contributed by atoms with van der Waals surface area (Å²) >= 11 is 0. The number of benzene rings is 1. The molecule has 2 amide bonds. The minimum Gasteiger partial charge on any atom is -0.494 e. The van der Waals surface area contributed by atoms with Crippen LogP contribution in [0.5, 0.6) is 5.75 Å². The van der Waals surface area contributed by atoms with E-state index in [4.69, 9.17) is 9.47 Å². The predicted octanol–water partition coefficient (Wildman–Crippen LogP) is 1.68. The van der Waals surface area contributed by atoms with E-state index in [2.05, 4.69) is 15.5 Å². The summed E-state index contributed by atoms with van der Waals surface area (Å²) in [6.07, 6.45) is 2.59. The lowest BCUT2D eigenvalue weighted by Crippen LogP contribution is -2.57. The van der Waals surface area contributed by atoms with Crippen molar-refractivity contribution in [2.24, 2.45) is 0 Å². The lowest BCUT2D eigenvalue weighted by atomic mass is 10.2. The van der Waals surface area contributed by atoms with Gasteiger partial charge >= 0.3 is 6.03 Å². The first kappa shape index (κ1) is 18.2. The molecule has 0 saturated carbocycles. The summed E-state index contributed by atoms with van der Waals surface area (Å²) in [6.45, 7) is 5.66. The molecule has 1 aromatic heterocycles. The van der Waals surface area contributed by atoms with Crippen molar-refractivity contribution < 1.29 is 14.3 Å². The maximum absolute atomic E-state index is 12.1. The first-order chi connectivity index (χ1) is 12.8. The van der Waals surface area contributed by atoms with E-state index in [0.717, 1.165) is 24.5 Å². The molecule has 0 bridgehead atoms. The number of nitrogens with zero attached hydrogens (tertiary/aromatic N) is 4. The van der Waals surface area contributed by atoms with Gasteiger partial charge in [0, 0.05) is 13.0 Å². The molecule has 1 fully saturated rings. The van der Waals surface area contributed by atoms with Gasteiger partial charge in [-0.2, -0.15) is 0 Å². The van der Waals surface area contributed by atoms with Gasteiger partial charge in [-0.1, -0.05) is 18.2 Å². The van der Waals surface area contributed by atoms with Gasteiger partial charge < -0.3 is 24.3 Å². The third-order valence-corrected chi connectivity index (χ3v) is 4.22. The molecule has 0 aliphatic carbocycles. The Bertz CT molecular complexity index is 685. The fourth-order valence-corrected chi connectivity index (χ4v) is 2.67. The zero-order chi connectivity index (χ0) is 18.2. The van der Waals surface area contributed by atoms with Crippen LogP contribution in [0.1, 0.15) is 19.2 Å². The Kier molecular flexibility index (Phi) is 6.43. The second-order valence-corrected chi connectivity index (χ2v) is 6.10. The van der Waals surface area contributed by atoms with E-state index in [-0.39, 0.29) is 12.1 Å². The number of carbonyl (C=O) groups excluding carboxylic acids is 1. The monoisotopic (exact) mass is 359 g/mol. The van der Waals surface area contributed by atoms with Gasteiger partial charge in [-0.25, -0.2) is 4.79 Å². The molecule has 1 aromatic carbocycles. The number of rotatable bonds is 9. The maximum atomic E-state index is 12.1. The van der Waals surface area contributed by atoms with Crippen LogP contribution < -0.4 is 10.1 Å². The molecule has 0 unspecified atom stereocenters. The van der Waals surface area contributed by atoms with Gasteiger partial charge in [-0.15, -0.1) is 10.2 Å². The van der Waals surface area contributed by atoms with Crippen LogP contribution in [0.3, 0.4) is 0 Å². The van der Waals surface area contributed by atoms with Crippen LogP contribution in [-0.2, 0) is 17.8 Å². The molecule has 1 N–H and O–H groups in total. The molecule has 2 aromatic rings. The van der Waals surface area contributed by atoms with Crippen LogP contribution in [0, 0.1) is 0 Å². The number of aryl methyl sites for hydroxylation is 1. The van der Waals surface area contributed by atoms with Gasteiger partial charge in [-0.3, -0.25) is 0 Å². The minimum atomic E-state index is -0.0945. The van der Waals surface area contributed by atoms with E-state index in [1.54, 1.807) is 11.2 Å². The summed E-state index contributed by atoms with van der Waals surface area (Å²) in [4.78, 5) is 13.8. The van der Waals surface area contributed by atoms with Crippen LogP contribution in [0.25, 0.3) is 0 Å². The van der Waals surface area contributed by atoms with Crippen molar-refractivity contribution in [3.63, 3.8) is 0 Å². The molecule has 8 nitrogen and oxygen atoms in total. The zero-order valence-corrected chi connectivity index (χ0v) is 15.0. The Morgan fingerprint density at radius 1 is 1.27 bits per heavy atom. The second kappa shape index (κ2) is 9.19. The van der Waals surface area contributed by atoms with Gasteiger partial charge in [0.05, 0.1) is 39.0 Å². The smallest absolute Gasteiger partial charge is 0.317 e. The lowest BCUT2D eigenvalue weighted by Gasteiger charge is -2.38. The molecule has 3 rings (SSSR count). The summed E-state index contributed by atoms with van der Waals surface area (Å²) in [5, 5.41) is 10.7. The van der Waals surface area contributed by atoms with Crippen LogP contribution in [0.15, 0.2) is 36.7 Å². The van der Waals surface area contributed by atoms with Crippen molar-refractivity contribution >= 4 is 6.03 Å². The molecule has 1 aliphatic rings. The molecule has 1 aliphatic heterocycles. The van der Waals surface area contributed by atoms with Gasteiger partial charge in [0.15, 0.2) is 5.82 Å². The fourth-order valence-electron chi connectivity index (χ4n) is 2.67. The van der Waals surface area contributed by atoms with Crippen molar-refractivity contribution in [1.82, 2.24) is 25.0 Å². The molecular formula is C18H25N5O3. The number of ether oxygens (including phenoxy) is 2. The molecule has 1 saturated heterocycles. The van der Waals surface area contributed by atoms with Crippen LogP contribution in [-0.4, -0.2) is 58.1 Å². The third-order valence-electron chi connectivity index (χ3n) is 4.22. The summed E-state index contributed by atoms with van der Waals surface area (Å²) in [5.41, 5.74) is 0. The van der Waals surface area contributed by atoms with E-state index >= 15 is 0 Å². The molecule has 140 valence electrons. The number of carbonyl (C=O) groups is 1. The highest BCUT2D eigenvalue weighted by Gasteiger charge is 2.31.